The van der Waals surface area contributed by atoms with Crippen LogP contribution in [-0.4, -0.2) is 18.4 Å². The number of hydrogen-bond acceptors (Lipinski definition) is 4. The molecule has 1 aromatic carbocycles. The summed E-state index contributed by atoms with van der Waals surface area (Å²) in [6.07, 6.45) is 4.22. The summed E-state index contributed by atoms with van der Waals surface area (Å²) in [5.74, 6) is 0.0971. The first-order valence-electron chi connectivity index (χ1n) is 7.15. The number of hydrogen-bond donors (Lipinski definition) is 2. The number of carbonyl (C=O) groups is 2. The summed E-state index contributed by atoms with van der Waals surface area (Å²) in [5, 5.41) is 0.669. The van der Waals surface area contributed by atoms with Crippen LogP contribution in [0.15, 0.2) is 41.0 Å². The van der Waals surface area contributed by atoms with Gasteiger partial charge in [-0.25, -0.2) is 0 Å². The van der Waals surface area contributed by atoms with E-state index < -0.39 is 11.8 Å². The zero-order valence-corrected chi connectivity index (χ0v) is 14.0. The molecule has 0 aliphatic carbocycles. The predicted molar refractivity (Wildman–Crippen MR) is 90.4 cm³/mol. The standard InChI is InChI=1S/C17H17ClN2O4/c1-11-8-14(9-12(2)17(11)18)24-10-16(22)20-19-15(21)6-5-13-4-3-7-23-13/h3-9H,10H2,1-2H3,(H,19,21)(H,20,22). The molecule has 2 N–H and O–H groups in total. The summed E-state index contributed by atoms with van der Waals surface area (Å²) in [6.45, 7) is 3.48. The van der Waals surface area contributed by atoms with E-state index in [1.807, 2.05) is 13.8 Å². The lowest BCUT2D eigenvalue weighted by molar-refractivity contribution is -0.128. The molecule has 2 amide bonds. The van der Waals surface area contributed by atoms with Crippen LogP contribution < -0.4 is 15.6 Å². The second-order valence-corrected chi connectivity index (χ2v) is 5.42. The monoisotopic (exact) mass is 348 g/mol. The van der Waals surface area contributed by atoms with Crippen molar-refractivity contribution in [3.05, 3.63) is 58.5 Å². The van der Waals surface area contributed by atoms with Gasteiger partial charge in [-0.2, -0.15) is 0 Å². The van der Waals surface area contributed by atoms with Gasteiger partial charge in [0.1, 0.15) is 11.5 Å². The number of furan rings is 1. The van der Waals surface area contributed by atoms with Gasteiger partial charge in [-0.05, 0) is 55.3 Å². The van der Waals surface area contributed by atoms with Crippen LogP contribution in [-0.2, 0) is 9.59 Å². The third-order valence-electron chi connectivity index (χ3n) is 3.05. The molecule has 0 fully saturated rings. The first kappa shape index (κ1) is 17.6. The fourth-order valence-electron chi connectivity index (χ4n) is 1.89. The molecule has 1 heterocycles. The predicted octanol–water partition coefficient (Wildman–Crippen LogP) is 2.79. The van der Waals surface area contributed by atoms with E-state index in [1.54, 1.807) is 24.3 Å². The molecule has 0 atom stereocenters. The van der Waals surface area contributed by atoms with Crippen molar-refractivity contribution in [2.24, 2.45) is 0 Å². The van der Waals surface area contributed by atoms with Crippen LogP contribution in [0.2, 0.25) is 5.02 Å². The first-order chi connectivity index (χ1) is 11.5. The third-order valence-corrected chi connectivity index (χ3v) is 3.64. The highest BCUT2D eigenvalue weighted by Crippen LogP contribution is 2.25. The van der Waals surface area contributed by atoms with Crippen LogP contribution in [0.4, 0.5) is 0 Å². The van der Waals surface area contributed by atoms with E-state index in [0.717, 1.165) is 11.1 Å². The Morgan fingerprint density at radius 3 is 2.58 bits per heavy atom. The maximum Gasteiger partial charge on any atom is 0.276 e. The van der Waals surface area contributed by atoms with Gasteiger partial charge in [0.05, 0.1) is 6.26 Å². The first-order valence-corrected chi connectivity index (χ1v) is 7.53. The molecule has 1 aromatic heterocycles. The highest BCUT2D eigenvalue weighted by Gasteiger charge is 2.07. The SMILES string of the molecule is Cc1cc(OCC(=O)NNC(=O)C=Cc2ccco2)cc(C)c1Cl. The lowest BCUT2D eigenvalue weighted by Gasteiger charge is -2.10. The zero-order valence-electron chi connectivity index (χ0n) is 13.3. The van der Waals surface area contributed by atoms with Crippen molar-refractivity contribution < 1.29 is 18.7 Å². The lowest BCUT2D eigenvalue weighted by atomic mass is 10.1. The molecule has 0 radical (unpaired) electrons. The van der Waals surface area contributed by atoms with Crippen LogP contribution in [0.3, 0.4) is 0 Å². The number of aryl methyl sites for hydroxylation is 2. The summed E-state index contributed by atoms with van der Waals surface area (Å²) in [6, 6.07) is 6.89. The number of nitrogens with one attached hydrogen (secondary N) is 2. The Morgan fingerprint density at radius 2 is 1.96 bits per heavy atom. The number of halogens is 1. The highest BCUT2D eigenvalue weighted by molar-refractivity contribution is 6.32. The van der Waals surface area contributed by atoms with Crippen molar-refractivity contribution in [3.8, 4) is 5.75 Å². The van der Waals surface area contributed by atoms with Crippen LogP contribution in [0, 0.1) is 13.8 Å². The maximum atomic E-state index is 11.7. The molecule has 6 nitrogen and oxygen atoms in total. The van der Waals surface area contributed by atoms with Crippen LogP contribution in [0.5, 0.6) is 5.75 Å². The summed E-state index contributed by atoms with van der Waals surface area (Å²) >= 11 is 6.07. The molecule has 0 saturated heterocycles. The topological polar surface area (TPSA) is 80.6 Å². The van der Waals surface area contributed by atoms with E-state index in [4.69, 9.17) is 20.8 Å². The fraction of sp³-hybridized carbons (Fsp3) is 0.176. The number of amides is 2. The smallest absolute Gasteiger partial charge is 0.276 e. The number of carbonyl (C=O) groups excluding carboxylic acids is 2. The van der Waals surface area contributed by atoms with Crippen LogP contribution in [0.1, 0.15) is 16.9 Å². The number of hydrazine groups is 1. The van der Waals surface area contributed by atoms with E-state index in [2.05, 4.69) is 10.9 Å². The van der Waals surface area contributed by atoms with Gasteiger partial charge in [0, 0.05) is 11.1 Å². The molecule has 0 saturated carbocycles. The fourth-order valence-corrected chi connectivity index (χ4v) is 2.00. The van der Waals surface area contributed by atoms with E-state index in [-0.39, 0.29) is 6.61 Å². The molecule has 0 bridgehead atoms. The second kappa shape index (κ2) is 8.21. The second-order valence-electron chi connectivity index (χ2n) is 5.05. The van der Waals surface area contributed by atoms with Gasteiger partial charge in [0.25, 0.3) is 11.8 Å². The minimum atomic E-state index is -0.488. The number of benzene rings is 1. The van der Waals surface area contributed by atoms with E-state index in [0.29, 0.717) is 16.5 Å². The Labute approximate surface area is 144 Å². The van der Waals surface area contributed by atoms with E-state index in [9.17, 15) is 9.59 Å². The quantitative estimate of drug-likeness (QED) is 0.643. The van der Waals surface area contributed by atoms with Gasteiger partial charge in [-0.3, -0.25) is 20.4 Å². The van der Waals surface area contributed by atoms with Crippen LogP contribution in [0.25, 0.3) is 6.08 Å². The Balaban J connectivity index is 1.76. The van der Waals surface area contributed by atoms with Gasteiger partial charge >= 0.3 is 0 Å². The van der Waals surface area contributed by atoms with Crippen molar-refractivity contribution in [3.63, 3.8) is 0 Å². The van der Waals surface area contributed by atoms with Gasteiger partial charge < -0.3 is 9.15 Å². The summed E-state index contributed by atoms with van der Waals surface area (Å²) in [7, 11) is 0. The molecule has 2 aromatic rings. The van der Waals surface area contributed by atoms with Gasteiger partial charge in [0.15, 0.2) is 6.61 Å². The van der Waals surface area contributed by atoms with Crippen molar-refractivity contribution in [1.82, 2.24) is 10.9 Å². The van der Waals surface area contributed by atoms with Crippen molar-refractivity contribution in [2.45, 2.75) is 13.8 Å². The number of ether oxygens (including phenoxy) is 1. The van der Waals surface area contributed by atoms with Crippen LogP contribution >= 0.6 is 11.6 Å². The molecule has 0 aliphatic rings. The normalized spacial score (nSPS) is 10.6. The van der Waals surface area contributed by atoms with Gasteiger partial charge in [0.2, 0.25) is 0 Å². The average Bonchev–Trinajstić information content (AvgIpc) is 3.07. The molecule has 2 rings (SSSR count). The minimum absolute atomic E-state index is 0.233. The Morgan fingerprint density at radius 1 is 1.25 bits per heavy atom. The van der Waals surface area contributed by atoms with Gasteiger partial charge in [-0.1, -0.05) is 11.6 Å². The minimum Gasteiger partial charge on any atom is -0.484 e. The third kappa shape index (κ3) is 5.17. The summed E-state index contributed by atoms with van der Waals surface area (Å²) < 4.78 is 10.4. The number of rotatable bonds is 5. The average molecular weight is 349 g/mol. The van der Waals surface area contributed by atoms with Crippen molar-refractivity contribution >= 4 is 29.5 Å². The van der Waals surface area contributed by atoms with Crippen molar-refractivity contribution in [1.29, 1.82) is 0 Å². The molecular weight excluding hydrogens is 332 g/mol. The Bertz CT molecular complexity index is 731. The molecule has 126 valence electrons. The zero-order chi connectivity index (χ0) is 17.5. The molecule has 0 aliphatic heterocycles. The van der Waals surface area contributed by atoms with Crippen molar-refractivity contribution in [2.75, 3.05) is 6.61 Å². The molecule has 0 spiro atoms. The Hall–Kier alpha value is -2.73. The molecular formula is C17H17ClN2O4. The molecule has 7 heteroatoms. The largest absolute Gasteiger partial charge is 0.484 e. The Kier molecular flexibility index (Phi) is 6.03. The lowest BCUT2D eigenvalue weighted by Crippen LogP contribution is -2.43. The van der Waals surface area contributed by atoms with Gasteiger partial charge in [-0.15, -0.1) is 0 Å². The summed E-state index contributed by atoms with van der Waals surface area (Å²) in [5.41, 5.74) is 6.23. The molecule has 0 unspecified atom stereocenters. The highest BCUT2D eigenvalue weighted by atomic mass is 35.5. The molecule has 24 heavy (non-hydrogen) atoms. The maximum absolute atomic E-state index is 11.7. The summed E-state index contributed by atoms with van der Waals surface area (Å²) in [4.78, 5) is 23.2. The van der Waals surface area contributed by atoms with E-state index >= 15 is 0 Å². The van der Waals surface area contributed by atoms with E-state index in [1.165, 1.54) is 18.4 Å².